The van der Waals surface area contributed by atoms with E-state index in [2.05, 4.69) is 32.7 Å². The van der Waals surface area contributed by atoms with Crippen LogP contribution >= 0.6 is 11.6 Å². The van der Waals surface area contributed by atoms with E-state index in [0.29, 0.717) is 43.7 Å². The fourth-order valence-corrected chi connectivity index (χ4v) is 5.07. The quantitative estimate of drug-likeness (QED) is 0.251. The molecule has 0 saturated heterocycles. The average Bonchev–Trinajstić information content (AvgIpc) is 3.68. The van der Waals surface area contributed by atoms with Gasteiger partial charge >= 0.3 is 5.97 Å². The van der Waals surface area contributed by atoms with Crippen molar-refractivity contribution in [3.05, 3.63) is 46.1 Å². The Morgan fingerprint density at radius 3 is 2.81 bits per heavy atom. The zero-order valence-corrected chi connectivity index (χ0v) is 21.7. The average molecular weight is 516 g/mol. The summed E-state index contributed by atoms with van der Waals surface area (Å²) in [6, 6.07) is 3.49. The minimum absolute atomic E-state index is 0.260. The summed E-state index contributed by atoms with van der Waals surface area (Å²) in [5, 5.41) is 6.49. The largest absolute Gasteiger partial charge is 0.467 e. The fourth-order valence-electron chi connectivity index (χ4n) is 4.71. The van der Waals surface area contributed by atoms with Crippen molar-refractivity contribution in [2.75, 3.05) is 32.2 Å². The second-order valence-electron chi connectivity index (χ2n) is 9.46. The van der Waals surface area contributed by atoms with E-state index in [-0.39, 0.29) is 11.1 Å². The number of rotatable bonds is 12. The summed E-state index contributed by atoms with van der Waals surface area (Å²) in [6.07, 6.45) is 7.95. The van der Waals surface area contributed by atoms with Crippen LogP contribution in [0.1, 0.15) is 61.0 Å². The van der Waals surface area contributed by atoms with E-state index in [4.69, 9.17) is 26.1 Å². The van der Waals surface area contributed by atoms with Crippen molar-refractivity contribution in [3.8, 4) is 0 Å². The Morgan fingerprint density at radius 1 is 1.22 bits per heavy atom. The first-order valence-corrected chi connectivity index (χ1v) is 13.0. The van der Waals surface area contributed by atoms with Crippen molar-refractivity contribution in [1.29, 1.82) is 0 Å². The van der Waals surface area contributed by atoms with Gasteiger partial charge < -0.3 is 20.1 Å². The maximum atomic E-state index is 13.2. The smallest absolute Gasteiger partial charge is 0.328 e. The van der Waals surface area contributed by atoms with Gasteiger partial charge in [0, 0.05) is 43.1 Å². The highest BCUT2D eigenvalue weighted by Gasteiger charge is 2.54. The van der Waals surface area contributed by atoms with E-state index in [9.17, 15) is 9.59 Å². The van der Waals surface area contributed by atoms with Crippen LogP contribution in [0.25, 0.3) is 0 Å². The number of unbranched alkanes of at least 4 members (excludes halogenated alkanes) is 1. The number of hydrogen-bond acceptors (Lipinski definition) is 8. The zero-order valence-electron chi connectivity index (χ0n) is 20.9. The molecule has 194 valence electrons. The minimum atomic E-state index is -0.796. The molecule has 0 radical (unpaired) electrons. The van der Waals surface area contributed by atoms with Crippen LogP contribution in [0.5, 0.6) is 0 Å². The number of esters is 1. The number of amides is 1. The highest BCUT2D eigenvalue weighted by molar-refractivity contribution is 6.30. The number of anilines is 1. The maximum Gasteiger partial charge on any atom is 0.328 e. The molecule has 2 aliphatic rings. The maximum absolute atomic E-state index is 13.2. The molecule has 0 aromatic carbocycles. The van der Waals surface area contributed by atoms with Gasteiger partial charge in [0.15, 0.2) is 0 Å². The van der Waals surface area contributed by atoms with Gasteiger partial charge in [-0.1, -0.05) is 17.7 Å². The molecule has 0 bridgehead atoms. The Balaban J connectivity index is 1.21. The first kappa shape index (κ1) is 26.3. The Morgan fingerprint density at radius 2 is 2.06 bits per heavy atom. The fraction of sp³-hybridized carbons (Fsp3) is 0.577. The first-order chi connectivity index (χ1) is 17.4. The van der Waals surface area contributed by atoms with Crippen molar-refractivity contribution < 1.29 is 19.1 Å². The van der Waals surface area contributed by atoms with E-state index in [1.807, 2.05) is 0 Å². The molecule has 3 heterocycles. The van der Waals surface area contributed by atoms with Gasteiger partial charge in [0.2, 0.25) is 5.91 Å². The molecular formula is C26H34ClN5O4. The highest BCUT2D eigenvalue weighted by atomic mass is 35.5. The predicted molar refractivity (Wildman–Crippen MR) is 136 cm³/mol. The van der Waals surface area contributed by atoms with Crippen LogP contribution in [-0.2, 0) is 37.3 Å². The topological polar surface area (TPSA) is 115 Å². The summed E-state index contributed by atoms with van der Waals surface area (Å²) in [4.78, 5) is 38.5. The number of carbonyl (C=O) groups is 2. The molecule has 1 amide bonds. The number of aryl methyl sites for hydroxylation is 3. The number of fused-ring (bicyclic) bond motifs is 1. The van der Waals surface area contributed by atoms with Crippen LogP contribution in [0, 0.1) is 6.92 Å². The van der Waals surface area contributed by atoms with Crippen LogP contribution < -0.4 is 10.6 Å². The van der Waals surface area contributed by atoms with Crippen LogP contribution in [0.2, 0.25) is 5.15 Å². The third-order valence-corrected chi connectivity index (χ3v) is 7.21. The Labute approximate surface area is 216 Å². The molecule has 2 aromatic heterocycles. The second kappa shape index (κ2) is 12.0. The van der Waals surface area contributed by atoms with Gasteiger partial charge in [-0.25, -0.2) is 19.7 Å². The van der Waals surface area contributed by atoms with Gasteiger partial charge in [-0.15, -0.1) is 0 Å². The van der Waals surface area contributed by atoms with Crippen LogP contribution in [-0.4, -0.2) is 59.7 Å². The van der Waals surface area contributed by atoms with Gasteiger partial charge in [0.1, 0.15) is 23.3 Å². The summed E-state index contributed by atoms with van der Waals surface area (Å²) < 4.78 is 10.7. The van der Waals surface area contributed by atoms with Gasteiger partial charge in [-0.2, -0.15) is 0 Å². The summed E-state index contributed by atoms with van der Waals surface area (Å²) in [7, 11) is 1.31. The number of methoxy groups -OCH3 is 1. The van der Waals surface area contributed by atoms with E-state index >= 15 is 0 Å². The van der Waals surface area contributed by atoms with Crippen LogP contribution in [0.3, 0.4) is 0 Å². The minimum Gasteiger partial charge on any atom is -0.467 e. The molecule has 1 atom stereocenters. The monoisotopic (exact) mass is 515 g/mol. The van der Waals surface area contributed by atoms with Crippen molar-refractivity contribution in [3.63, 3.8) is 0 Å². The number of halogens is 1. The third kappa shape index (κ3) is 6.13. The standard InChI is InChI=1S/C26H34ClN5O4/c1-17-21(22(27)30-16-29-17)26(11-12-26)25(34)32-20(24(33)35-2)10-15-36-14-4-3-7-19-9-8-18-6-5-13-28-23(18)31-19/h8-9,16,20H,3-7,10-15H2,1-2H3,(H,28,31)(H,32,34)/t20-/m0/s1. The predicted octanol–water partition coefficient (Wildman–Crippen LogP) is 3.31. The van der Waals surface area contributed by atoms with Crippen molar-refractivity contribution in [2.45, 2.75) is 69.7 Å². The molecule has 4 rings (SSSR count). The van der Waals surface area contributed by atoms with Gasteiger partial charge in [-0.05, 0) is 63.5 Å². The molecule has 36 heavy (non-hydrogen) atoms. The molecule has 9 nitrogen and oxygen atoms in total. The molecular weight excluding hydrogens is 482 g/mol. The Bertz CT molecular complexity index is 1070. The summed E-state index contributed by atoms with van der Waals surface area (Å²) in [6.45, 7) is 3.70. The van der Waals surface area contributed by atoms with Gasteiger partial charge in [0.05, 0.1) is 12.5 Å². The Kier molecular flexibility index (Phi) is 8.74. The highest BCUT2D eigenvalue weighted by Crippen LogP contribution is 2.51. The normalized spacial score (nSPS) is 16.4. The molecule has 2 N–H and O–H groups in total. The van der Waals surface area contributed by atoms with E-state index < -0.39 is 17.4 Å². The molecule has 0 unspecified atom stereocenters. The van der Waals surface area contributed by atoms with E-state index in [1.165, 1.54) is 19.0 Å². The van der Waals surface area contributed by atoms with Crippen LogP contribution in [0.15, 0.2) is 18.5 Å². The lowest BCUT2D eigenvalue weighted by Gasteiger charge is -2.22. The lowest BCUT2D eigenvalue weighted by atomic mass is 9.94. The second-order valence-corrected chi connectivity index (χ2v) is 9.81. The summed E-state index contributed by atoms with van der Waals surface area (Å²) in [5.74, 6) is 0.266. The molecule has 2 aromatic rings. The SMILES string of the molecule is COC(=O)[C@H](CCOCCCCc1ccc2c(n1)NCCC2)NC(=O)C1(c2c(C)ncnc2Cl)CC1. The van der Waals surface area contributed by atoms with Crippen molar-refractivity contribution >= 4 is 29.3 Å². The number of carbonyl (C=O) groups excluding carboxylic acids is 2. The summed E-state index contributed by atoms with van der Waals surface area (Å²) in [5.41, 5.74) is 2.89. The lowest BCUT2D eigenvalue weighted by molar-refractivity contribution is -0.146. The molecule has 1 aliphatic heterocycles. The van der Waals surface area contributed by atoms with Crippen molar-refractivity contribution in [2.24, 2.45) is 0 Å². The van der Waals surface area contributed by atoms with Gasteiger partial charge in [0.25, 0.3) is 0 Å². The van der Waals surface area contributed by atoms with E-state index in [0.717, 1.165) is 50.2 Å². The first-order valence-electron chi connectivity index (χ1n) is 12.6. The lowest BCUT2D eigenvalue weighted by Crippen LogP contribution is -2.47. The van der Waals surface area contributed by atoms with Crippen LogP contribution in [0.4, 0.5) is 5.82 Å². The number of pyridine rings is 1. The number of nitrogens with zero attached hydrogens (tertiary/aromatic N) is 3. The number of aromatic nitrogens is 3. The third-order valence-electron chi connectivity index (χ3n) is 6.92. The summed E-state index contributed by atoms with van der Waals surface area (Å²) >= 11 is 6.29. The van der Waals surface area contributed by atoms with Gasteiger partial charge in [-0.3, -0.25) is 4.79 Å². The number of nitrogens with one attached hydrogen (secondary N) is 2. The van der Waals surface area contributed by atoms with E-state index in [1.54, 1.807) is 6.92 Å². The van der Waals surface area contributed by atoms with Crippen molar-refractivity contribution in [1.82, 2.24) is 20.3 Å². The number of ether oxygens (including phenoxy) is 2. The number of hydrogen-bond donors (Lipinski definition) is 2. The molecule has 1 saturated carbocycles. The molecule has 0 spiro atoms. The molecule has 10 heteroatoms. The molecule has 1 aliphatic carbocycles. The molecule has 1 fully saturated rings. The Hall–Kier alpha value is -2.78. The zero-order chi connectivity index (χ0) is 25.5.